The number of H-pyrrole nitrogens is 1. The number of carbonyl (C=O) groups is 1. The Hall–Kier alpha value is -4.32. The van der Waals surface area contributed by atoms with Crippen LogP contribution >= 0.6 is 0 Å². The Labute approximate surface area is 226 Å². The summed E-state index contributed by atoms with van der Waals surface area (Å²) in [5.74, 6) is 1.97. The second-order valence-electron chi connectivity index (χ2n) is 7.88. The number of aromatic nitrogens is 8. The van der Waals surface area contributed by atoms with Gasteiger partial charge in [0.1, 0.15) is 23.4 Å². The molecule has 0 aromatic carbocycles. The third-order valence-electron chi connectivity index (χ3n) is 5.07. The number of hydrogen-bond donors (Lipinski definition) is 4. The first-order chi connectivity index (χ1) is 19.0. The number of aryl methyl sites for hydroxylation is 2. The SMILES string of the molecule is CO.COc1nc2c(N)nc(C)nc2n1C1CCCCO1.COc1nc2nc(C)nc(N)c2[nH]1.O=CC(F)(F)F. The number of halogens is 3. The molecular formula is C22H31F3N10O5. The summed E-state index contributed by atoms with van der Waals surface area (Å²) in [6.45, 7) is 4.31. The lowest BCUT2D eigenvalue weighted by atomic mass is 10.2. The zero-order valence-electron chi connectivity index (χ0n) is 22.5. The fraction of sp³-hybridized carbons (Fsp3) is 0.500. The third kappa shape index (κ3) is 8.09. The van der Waals surface area contributed by atoms with E-state index < -0.39 is 12.5 Å². The Morgan fingerprint density at radius 1 is 1.00 bits per heavy atom. The molecule has 0 amide bonds. The minimum absolute atomic E-state index is 0.0950. The first kappa shape index (κ1) is 31.9. The van der Waals surface area contributed by atoms with E-state index in [9.17, 15) is 13.2 Å². The molecule has 1 aliphatic rings. The van der Waals surface area contributed by atoms with Crippen molar-refractivity contribution in [2.45, 2.75) is 45.5 Å². The molecule has 1 saturated heterocycles. The number of aliphatic hydroxyl groups is 1. The lowest BCUT2D eigenvalue weighted by Crippen LogP contribution is -2.19. The number of nitrogens with one attached hydrogen (secondary N) is 1. The number of carbonyl (C=O) groups excluding carboxylic acids is 1. The minimum atomic E-state index is -4.64. The fourth-order valence-corrected chi connectivity index (χ4v) is 3.53. The highest BCUT2D eigenvalue weighted by Crippen LogP contribution is 2.32. The number of fused-ring (bicyclic) bond motifs is 2. The normalized spacial score (nSPS) is 14.7. The largest absolute Gasteiger partial charge is 0.468 e. The van der Waals surface area contributed by atoms with Crippen molar-refractivity contribution in [1.29, 1.82) is 0 Å². The van der Waals surface area contributed by atoms with Gasteiger partial charge in [-0.1, -0.05) is 0 Å². The van der Waals surface area contributed by atoms with E-state index in [-0.39, 0.29) is 6.23 Å². The molecular weight excluding hydrogens is 541 g/mol. The Balaban J connectivity index is 0.000000231. The van der Waals surface area contributed by atoms with Crippen molar-refractivity contribution in [3.63, 3.8) is 0 Å². The molecule has 1 atom stereocenters. The number of rotatable bonds is 3. The predicted octanol–water partition coefficient (Wildman–Crippen LogP) is 2.03. The van der Waals surface area contributed by atoms with Crippen molar-refractivity contribution in [2.24, 2.45) is 0 Å². The van der Waals surface area contributed by atoms with Gasteiger partial charge in [-0.25, -0.2) is 19.9 Å². The van der Waals surface area contributed by atoms with E-state index in [0.717, 1.165) is 33.0 Å². The van der Waals surface area contributed by atoms with Crippen molar-refractivity contribution in [3.05, 3.63) is 11.6 Å². The predicted molar refractivity (Wildman–Crippen MR) is 138 cm³/mol. The van der Waals surface area contributed by atoms with E-state index in [1.54, 1.807) is 21.0 Å². The van der Waals surface area contributed by atoms with Gasteiger partial charge in [-0.3, -0.25) is 9.36 Å². The molecule has 6 N–H and O–H groups in total. The molecule has 0 radical (unpaired) electrons. The number of imidazole rings is 2. The van der Waals surface area contributed by atoms with E-state index in [0.29, 0.717) is 57.6 Å². The summed E-state index contributed by atoms with van der Waals surface area (Å²) < 4.78 is 49.1. The van der Waals surface area contributed by atoms with Gasteiger partial charge in [-0.15, -0.1) is 0 Å². The summed E-state index contributed by atoms with van der Waals surface area (Å²) in [5.41, 5.74) is 13.9. The van der Waals surface area contributed by atoms with Crippen molar-refractivity contribution in [3.8, 4) is 12.0 Å². The molecule has 1 aliphatic heterocycles. The molecule has 220 valence electrons. The monoisotopic (exact) mass is 572 g/mol. The zero-order valence-corrected chi connectivity index (χ0v) is 22.5. The number of aromatic amines is 1. The van der Waals surface area contributed by atoms with E-state index in [1.807, 2.05) is 4.57 Å². The summed E-state index contributed by atoms with van der Waals surface area (Å²) in [4.78, 5) is 36.6. The number of nitrogen functional groups attached to an aromatic ring is 2. The van der Waals surface area contributed by atoms with Crippen LogP contribution in [0.4, 0.5) is 24.8 Å². The Morgan fingerprint density at radius 2 is 1.62 bits per heavy atom. The highest BCUT2D eigenvalue weighted by Gasteiger charge is 2.25. The first-order valence-corrected chi connectivity index (χ1v) is 11.7. The van der Waals surface area contributed by atoms with Crippen molar-refractivity contribution in [2.75, 3.05) is 39.4 Å². The summed E-state index contributed by atoms with van der Waals surface area (Å²) >= 11 is 0. The maximum atomic E-state index is 10.4. The van der Waals surface area contributed by atoms with Crippen molar-refractivity contribution >= 4 is 40.2 Å². The number of anilines is 2. The van der Waals surface area contributed by atoms with Crippen molar-refractivity contribution < 1.29 is 37.3 Å². The molecule has 1 unspecified atom stereocenters. The average molecular weight is 573 g/mol. The van der Waals surface area contributed by atoms with Gasteiger partial charge in [0.15, 0.2) is 28.4 Å². The molecule has 0 bridgehead atoms. The molecule has 4 aromatic rings. The van der Waals surface area contributed by atoms with Crippen LogP contribution < -0.4 is 20.9 Å². The smallest absolute Gasteiger partial charge is 0.446 e. The zero-order chi connectivity index (χ0) is 30.0. The molecule has 0 spiro atoms. The van der Waals surface area contributed by atoms with Gasteiger partial charge in [0.2, 0.25) is 6.29 Å². The second-order valence-corrected chi connectivity index (χ2v) is 7.88. The fourth-order valence-electron chi connectivity index (χ4n) is 3.53. The number of ether oxygens (including phenoxy) is 3. The molecule has 15 nitrogen and oxygen atoms in total. The summed E-state index contributed by atoms with van der Waals surface area (Å²) in [5, 5.41) is 7.00. The number of nitrogens with zero attached hydrogens (tertiary/aromatic N) is 7. The third-order valence-corrected chi connectivity index (χ3v) is 5.07. The number of hydrogen-bond acceptors (Lipinski definition) is 13. The van der Waals surface area contributed by atoms with E-state index in [2.05, 4.69) is 34.9 Å². The van der Waals surface area contributed by atoms with Gasteiger partial charge in [-0.2, -0.15) is 23.1 Å². The molecule has 1 fully saturated rings. The maximum Gasteiger partial charge on any atom is 0.446 e. The summed E-state index contributed by atoms with van der Waals surface area (Å²) in [7, 11) is 4.10. The van der Waals surface area contributed by atoms with Gasteiger partial charge in [0.05, 0.1) is 14.2 Å². The van der Waals surface area contributed by atoms with Crippen LogP contribution in [0.1, 0.15) is 37.1 Å². The topological polar surface area (TPSA) is 215 Å². The number of aldehydes is 1. The molecule has 0 saturated carbocycles. The van der Waals surface area contributed by atoms with Crippen LogP contribution in [0.25, 0.3) is 22.3 Å². The molecule has 5 rings (SSSR count). The van der Waals surface area contributed by atoms with E-state index >= 15 is 0 Å². The van der Waals surface area contributed by atoms with Gasteiger partial charge in [0, 0.05) is 13.7 Å². The molecule has 40 heavy (non-hydrogen) atoms. The van der Waals surface area contributed by atoms with Gasteiger partial charge >= 0.3 is 12.2 Å². The van der Waals surface area contributed by atoms with Crippen LogP contribution in [-0.4, -0.2) is 85.0 Å². The molecule has 5 heterocycles. The number of aliphatic hydroxyl groups excluding tert-OH is 1. The minimum Gasteiger partial charge on any atom is -0.468 e. The highest BCUT2D eigenvalue weighted by molar-refractivity contribution is 5.83. The Bertz CT molecular complexity index is 1400. The van der Waals surface area contributed by atoms with Crippen LogP contribution in [-0.2, 0) is 9.53 Å². The molecule has 4 aromatic heterocycles. The molecule has 0 aliphatic carbocycles. The van der Waals surface area contributed by atoms with E-state index in [4.69, 9.17) is 35.6 Å². The van der Waals surface area contributed by atoms with Gasteiger partial charge in [-0.05, 0) is 33.1 Å². The van der Waals surface area contributed by atoms with Crippen LogP contribution in [0.5, 0.6) is 12.0 Å². The number of alkyl halides is 3. The summed E-state index contributed by atoms with van der Waals surface area (Å²) in [6, 6.07) is 0.857. The number of nitrogens with two attached hydrogens (primary N) is 2. The van der Waals surface area contributed by atoms with Gasteiger partial charge in [0.25, 0.3) is 6.01 Å². The van der Waals surface area contributed by atoms with Crippen LogP contribution in [0.15, 0.2) is 0 Å². The van der Waals surface area contributed by atoms with E-state index in [1.165, 1.54) is 7.11 Å². The number of methoxy groups -OCH3 is 2. The first-order valence-electron chi connectivity index (χ1n) is 11.7. The van der Waals surface area contributed by atoms with Crippen LogP contribution in [0.3, 0.4) is 0 Å². The maximum absolute atomic E-state index is 10.4. The van der Waals surface area contributed by atoms with Gasteiger partial charge < -0.3 is 35.8 Å². The Kier molecular flexibility index (Phi) is 11.3. The standard InChI is InChI=1S/C12H17N5O2.C7H9N5O.C2HF3O.CH4O/c1-7-14-10(13)9-11(15-7)17(12(16-9)18-2)8-5-3-4-6-19-8;1-3-9-5(8)4-6(10-3)12-7(11-4)13-2;3-2(4,5)1-6;1-2/h8H,3-6H2,1-2H3,(H2,13,14,15);1-2H3,(H3,8,9,10,11,12);1H;2H,1H3. The highest BCUT2D eigenvalue weighted by atomic mass is 19.4. The molecule has 18 heteroatoms. The van der Waals surface area contributed by atoms with Crippen LogP contribution in [0, 0.1) is 13.8 Å². The van der Waals surface area contributed by atoms with Crippen LogP contribution in [0.2, 0.25) is 0 Å². The van der Waals surface area contributed by atoms with Crippen molar-refractivity contribution in [1.82, 2.24) is 39.5 Å². The second kappa shape index (κ2) is 14.2. The lowest BCUT2D eigenvalue weighted by molar-refractivity contribution is -0.156. The lowest BCUT2D eigenvalue weighted by Gasteiger charge is -2.24. The average Bonchev–Trinajstić information content (AvgIpc) is 3.52. The Morgan fingerprint density at radius 3 is 2.17 bits per heavy atom. The summed E-state index contributed by atoms with van der Waals surface area (Å²) in [6.07, 6.45) is -2.67. The quantitative estimate of drug-likeness (QED) is 0.259.